The molecule has 0 radical (unpaired) electrons. The number of hydrogen-bond acceptors (Lipinski definition) is 8. The van der Waals surface area contributed by atoms with Crippen molar-refractivity contribution in [1.82, 2.24) is 0 Å². The fourth-order valence-electron chi connectivity index (χ4n) is 4.31. The molecule has 1 saturated heterocycles. The molecule has 37 heavy (non-hydrogen) atoms. The maximum atomic E-state index is 13.3. The van der Waals surface area contributed by atoms with Crippen molar-refractivity contribution in [1.29, 1.82) is 0 Å². The number of aliphatic hydroxyl groups is 1. The van der Waals surface area contributed by atoms with Gasteiger partial charge < -0.3 is 24.4 Å². The molecular formula is C28H23NO8. The minimum atomic E-state index is -0.996. The van der Waals surface area contributed by atoms with E-state index in [1.54, 1.807) is 36.4 Å². The van der Waals surface area contributed by atoms with Crippen LogP contribution < -0.4 is 14.4 Å². The fourth-order valence-corrected chi connectivity index (χ4v) is 4.31. The third-order valence-electron chi connectivity index (χ3n) is 6.12. The molecule has 0 spiro atoms. The number of benzene rings is 3. The van der Waals surface area contributed by atoms with Crippen LogP contribution in [0, 0.1) is 0 Å². The van der Waals surface area contributed by atoms with E-state index in [1.165, 1.54) is 35.2 Å². The average molecular weight is 501 g/mol. The SMILES string of the molecule is CCCOC(=O)c1ccc(N2C(=O)C(=O)/C(=C(\O)c3ccc4c(c3)OCO4)C2c2ccc(O)cc2)cc1. The highest BCUT2D eigenvalue weighted by Gasteiger charge is 2.47. The van der Waals surface area contributed by atoms with E-state index in [0.717, 1.165) is 0 Å². The van der Waals surface area contributed by atoms with Gasteiger partial charge in [0, 0.05) is 11.3 Å². The highest BCUT2D eigenvalue weighted by Crippen LogP contribution is 2.43. The van der Waals surface area contributed by atoms with Gasteiger partial charge in [-0.25, -0.2) is 4.79 Å². The van der Waals surface area contributed by atoms with Gasteiger partial charge in [-0.2, -0.15) is 0 Å². The molecule has 0 bridgehead atoms. The van der Waals surface area contributed by atoms with Gasteiger partial charge in [-0.15, -0.1) is 0 Å². The number of carbonyl (C=O) groups is 3. The predicted molar refractivity (Wildman–Crippen MR) is 132 cm³/mol. The lowest BCUT2D eigenvalue weighted by molar-refractivity contribution is -0.132. The summed E-state index contributed by atoms with van der Waals surface area (Å²) < 4.78 is 15.9. The maximum Gasteiger partial charge on any atom is 0.338 e. The van der Waals surface area contributed by atoms with Crippen LogP contribution in [0.4, 0.5) is 5.69 Å². The molecule has 9 heteroatoms. The van der Waals surface area contributed by atoms with Crippen molar-refractivity contribution in [3.8, 4) is 17.2 Å². The molecule has 3 aromatic rings. The van der Waals surface area contributed by atoms with Crippen molar-refractivity contribution in [3.63, 3.8) is 0 Å². The Hall–Kier alpha value is -4.79. The summed E-state index contributed by atoms with van der Waals surface area (Å²) in [6.45, 7) is 2.22. The molecule has 1 amide bonds. The lowest BCUT2D eigenvalue weighted by atomic mass is 9.95. The van der Waals surface area contributed by atoms with E-state index >= 15 is 0 Å². The second-order valence-corrected chi connectivity index (χ2v) is 8.51. The Morgan fingerprint density at radius 1 is 0.973 bits per heavy atom. The van der Waals surface area contributed by atoms with E-state index in [2.05, 4.69) is 0 Å². The highest BCUT2D eigenvalue weighted by atomic mass is 16.7. The molecular weight excluding hydrogens is 478 g/mol. The molecule has 0 aliphatic carbocycles. The molecule has 0 aromatic heterocycles. The first kappa shape index (κ1) is 23.9. The number of fused-ring (bicyclic) bond motifs is 1. The number of phenolic OH excluding ortho intramolecular Hbond substituents is 1. The number of amides is 1. The number of aromatic hydroxyl groups is 1. The zero-order valence-corrected chi connectivity index (χ0v) is 19.8. The predicted octanol–water partition coefficient (Wildman–Crippen LogP) is 4.31. The van der Waals surface area contributed by atoms with E-state index in [1.807, 2.05) is 6.92 Å². The van der Waals surface area contributed by atoms with Crippen LogP contribution in [0.25, 0.3) is 5.76 Å². The van der Waals surface area contributed by atoms with Crippen molar-refractivity contribution in [2.24, 2.45) is 0 Å². The highest BCUT2D eigenvalue weighted by molar-refractivity contribution is 6.51. The Morgan fingerprint density at radius 2 is 1.65 bits per heavy atom. The number of ether oxygens (including phenoxy) is 3. The molecule has 188 valence electrons. The number of Topliss-reactive ketones (excluding diaryl/α,β-unsaturated/α-hetero) is 1. The van der Waals surface area contributed by atoms with Crippen LogP contribution in [-0.2, 0) is 14.3 Å². The summed E-state index contributed by atoms with van der Waals surface area (Å²) in [4.78, 5) is 40.1. The zero-order valence-electron chi connectivity index (χ0n) is 19.8. The lowest BCUT2D eigenvalue weighted by Gasteiger charge is -2.25. The van der Waals surface area contributed by atoms with Gasteiger partial charge in [-0.1, -0.05) is 19.1 Å². The second kappa shape index (κ2) is 9.69. The van der Waals surface area contributed by atoms with Gasteiger partial charge in [-0.05, 0) is 66.6 Å². The summed E-state index contributed by atoms with van der Waals surface area (Å²) in [6.07, 6.45) is 0.685. The summed E-state index contributed by atoms with van der Waals surface area (Å²) in [7, 11) is 0. The van der Waals surface area contributed by atoms with Crippen molar-refractivity contribution in [2.45, 2.75) is 19.4 Å². The number of nitrogens with zero attached hydrogens (tertiary/aromatic N) is 1. The van der Waals surface area contributed by atoms with Crippen LogP contribution in [0.3, 0.4) is 0 Å². The lowest BCUT2D eigenvalue weighted by Crippen LogP contribution is -2.29. The Kier molecular flexibility index (Phi) is 6.27. The van der Waals surface area contributed by atoms with Gasteiger partial charge in [0.15, 0.2) is 11.5 Å². The first-order valence-electron chi connectivity index (χ1n) is 11.7. The Labute approximate surface area is 212 Å². The number of anilines is 1. The van der Waals surface area contributed by atoms with Crippen LogP contribution >= 0.6 is 0 Å². The molecule has 0 saturated carbocycles. The molecule has 1 atom stereocenters. The quantitative estimate of drug-likeness (QED) is 0.222. The third kappa shape index (κ3) is 4.35. The summed E-state index contributed by atoms with van der Waals surface area (Å²) in [5, 5.41) is 21.1. The topological polar surface area (TPSA) is 123 Å². The van der Waals surface area contributed by atoms with Gasteiger partial charge >= 0.3 is 5.97 Å². The summed E-state index contributed by atoms with van der Waals surface area (Å²) in [5.41, 5.74) is 1.29. The second-order valence-electron chi connectivity index (χ2n) is 8.51. The van der Waals surface area contributed by atoms with Gasteiger partial charge in [-0.3, -0.25) is 14.5 Å². The number of ketones is 1. The zero-order chi connectivity index (χ0) is 26.1. The van der Waals surface area contributed by atoms with E-state index in [9.17, 15) is 24.6 Å². The average Bonchev–Trinajstić information content (AvgIpc) is 3.49. The standard InChI is InChI=1S/C28H23NO8/c1-2-13-35-28(34)17-3-8-19(9-4-17)29-24(16-5-10-20(30)11-6-16)23(26(32)27(29)33)25(31)18-7-12-21-22(14-18)37-15-36-21/h3-12,14,24,30-31H,2,13,15H2,1H3/b25-23-. The maximum absolute atomic E-state index is 13.3. The first-order valence-corrected chi connectivity index (χ1v) is 11.7. The summed E-state index contributed by atoms with van der Waals surface area (Å²) >= 11 is 0. The minimum absolute atomic E-state index is 0.00594. The van der Waals surface area contributed by atoms with Gasteiger partial charge in [0.25, 0.3) is 11.7 Å². The van der Waals surface area contributed by atoms with Crippen LogP contribution in [0.15, 0.2) is 72.3 Å². The summed E-state index contributed by atoms with van der Waals surface area (Å²) in [5.74, 6) is -1.67. The molecule has 9 nitrogen and oxygen atoms in total. The molecule has 2 N–H and O–H groups in total. The minimum Gasteiger partial charge on any atom is -0.508 e. The molecule has 2 heterocycles. The fraction of sp³-hybridized carbons (Fsp3) is 0.179. The van der Waals surface area contributed by atoms with E-state index in [4.69, 9.17) is 14.2 Å². The van der Waals surface area contributed by atoms with Crippen molar-refractivity contribution < 1.29 is 38.8 Å². The molecule has 1 fully saturated rings. The normalized spacial score (nSPS) is 17.8. The number of phenols is 1. The van der Waals surface area contributed by atoms with Crippen molar-refractivity contribution in [3.05, 3.63) is 89.0 Å². The Bertz CT molecular complexity index is 1410. The smallest absolute Gasteiger partial charge is 0.338 e. The van der Waals surface area contributed by atoms with Gasteiger partial charge in [0.2, 0.25) is 6.79 Å². The van der Waals surface area contributed by atoms with Crippen LogP contribution in [-0.4, -0.2) is 41.3 Å². The molecule has 3 aromatic carbocycles. The Balaban J connectivity index is 1.60. The van der Waals surface area contributed by atoms with E-state index < -0.39 is 23.7 Å². The van der Waals surface area contributed by atoms with Crippen molar-refractivity contribution in [2.75, 3.05) is 18.3 Å². The Morgan fingerprint density at radius 3 is 2.35 bits per heavy atom. The molecule has 2 aliphatic rings. The third-order valence-corrected chi connectivity index (χ3v) is 6.12. The largest absolute Gasteiger partial charge is 0.508 e. The number of rotatable bonds is 6. The van der Waals surface area contributed by atoms with Crippen LogP contribution in [0.5, 0.6) is 17.2 Å². The molecule has 1 unspecified atom stereocenters. The number of aliphatic hydroxyl groups excluding tert-OH is 1. The first-order chi connectivity index (χ1) is 17.9. The number of carbonyl (C=O) groups excluding carboxylic acids is 3. The van der Waals surface area contributed by atoms with E-state index in [-0.39, 0.29) is 36.0 Å². The summed E-state index contributed by atoms with van der Waals surface area (Å²) in [6, 6.07) is 15.8. The van der Waals surface area contributed by atoms with Crippen molar-refractivity contribution >= 4 is 29.1 Å². The monoisotopic (exact) mass is 501 g/mol. The van der Waals surface area contributed by atoms with E-state index in [0.29, 0.717) is 34.7 Å². The number of hydrogen-bond donors (Lipinski definition) is 2. The van der Waals surface area contributed by atoms with Crippen LogP contribution in [0.1, 0.15) is 40.9 Å². The van der Waals surface area contributed by atoms with Gasteiger partial charge in [0.1, 0.15) is 11.5 Å². The molecule has 2 aliphatic heterocycles. The number of esters is 1. The van der Waals surface area contributed by atoms with Gasteiger partial charge in [0.05, 0.1) is 23.8 Å². The molecule has 5 rings (SSSR count). The van der Waals surface area contributed by atoms with Crippen LogP contribution in [0.2, 0.25) is 0 Å².